The number of aromatic nitrogens is 1. The minimum atomic E-state index is 0.333. The Morgan fingerprint density at radius 1 is 1.40 bits per heavy atom. The van der Waals surface area contributed by atoms with Crippen molar-refractivity contribution in [2.75, 3.05) is 0 Å². The number of nitrogens with one attached hydrogen (secondary N) is 1. The number of aryl methyl sites for hydroxylation is 1. The van der Waals surface area contributed by atoms with Gasteiger partial charge >= 0.3 is 0 Å². The van der Waals surface area contributed by atoms with Gasteiger partial charge in [-0.2, -0.15) is 0 Å². The van der Waals surface area contributed by atoms with Crippen LogP contribution in [0, 0.1) is 6.92 Å². The Morgan fingerprint density at radius 3 is 3.00 bits per heavy atom. The van der Waals surface area contributed by atoms with Crippen LogP contribution in [0.5, 0.6) is 5.75 Å². The molecule has 1 aromatic heterocycles. The number of hydrogen-bond donors (Lipinski definition) is 1. The van der Waals surface area contributed by atoms with Crippen molar-refractivity contribution in [1.82, 2.24) is 10.5 Å². The van der Waals surface area contributed by atoms with Crippen LogP contribution in [-0.2, 0) is 13.2 Å². The van der Waals surface area contributed by atoms with Crippen molar-refractivity contribution < 1.29 is 9.26 Å². The molecule has 2 aromatic rings. The average Bonchev–Trinajstić information content (AvgIpc) is 3.14. The summed E-state index contributed by atoms with van der Waals surface area (Å²) >= 11 is 6.11. The number of benzene rings is 1. The van der Waals surface area contributed by atoms with Crippen molar-refractivity contribution in [3.8, 4) is 5.75 Å². The average molecular weight is 293 g/mol. The van der Waals surface area contributed by atoms with Crippen molar-refractivity contribution in [2.45, 2.75) is 39.0 Å². The van der Waals surface area contributed by atoms with Gasteiger partial charge in [-0.25, -0.2) is 0 Å². The molecule has 20 heavy (non-hydrogen) atoms. The van der Waals surface area contributed by atoms with E-state index in [9.17, 15) is 0 Å². The molecule has 1 heterocycles. The van der Waals surface area contributed by atoms with Gasteiger partial charge in [-0.05, 0) is 37.5 Å². The molecule has 1 N–H and O–H groups in total. The summed E-state index contributed by atoms with van der Waals surface area (Å²) in [6, 6.07) is 8.29. The normalized spacial score (nSPS) is 14.5. The van der Waals surface area contributed by atoms with Gasteiger partial charge < -0.3 is 14.6 Å². The second-order valence-electron chi connectivity index (χ2n) is 5.16. The zero-order valence-electron chi connectivity index (χ0n) is 11.4. The summed E-state index contributed by atoms with van der Waals surface area (Å²) in [7, 11) is 0. The van der Waals surface area contributed by atoms with Gasteiger partial charge in [0.1, 0.15) is 12.4 Å². The molecule has 1 aliphatic carbocycles. The summed E-state index contributed by atoms with van der Waals surface area (Å²) in [5, 5.41) is 8.02. The molecule has 0 radical (unpaired) electrons. The van der Waals surface area contributed by atoms with Crippen LogP contribution in [0.4, 0.5) is 0 Å². The Bertz CT molecular complexity index is 593. The van der Waals surface area contributed by atoms with Gasteiger partial charge in [0.25, 0.3) is 0 Å². The van der Waals surface area contributed by atoms with Gasteiger partial charge in [-0.1, -0.05) is 22.8 Å². The van der Waals surface area contributed by atoms with Crippen molar-refractivity contribution in [2.24, 2.45) is 0 Å². The molecule has 3 rings (SSSR count). The zero-order chi connectivity index (χ0) is 13.9. The van der Waals surface area contributed by atoms with Gasteiger partial charge in [0.2, 0.25) is 0 Å². The lowest BCUT2D eigenvalue weighted by Crippen LogP contribution is -2.15. The molecule has 0 aliphatic heterocycles. The maximum absolute atomic E-state index is 6.11. The topological polar surface area (TPSA) is 47.3 Å². The summed E-state index contributed by atoms with van der Waals surface area (Å²) in [4.78, 5) is 0. The summed E-state index contributed by atoms with van der Waals surface area (Å²) in [5.74, 6) is 1.36. The van der Waals surface area contributed by atoms with E-state index in [1.807, 2.05) is 31.2 Å². The van der Waals surface area contributed by atoms with E-state index >= 15 is 0 Å². The third-order valence-electron chi connectivity index (χ3n) is 3.21. The van der Waals surface area contributed by atoms with E-state index in [-0.39, 0.29) is 0 Å². The first kappa shape index (κ1) is 13.5. The molecule has 1 fully saturated rings. The van der Waals surface area contributed by atoms with Gasteiger partial charge in [0.15, 0.2) is 5.76 Å². The first-order valence-corrected chi connectivity index (χ1v) is 7.15. The number of hydrogen-bond acceptors (Lipinski definition) is 4. The second-order valence-corrected chi connectivity index (χ2v) is 5.57. The number of halogens is 1. The lowest BCUT2D eigenvalue weighted by Gasteiger charge is -2.06. The van der Waals surface area contributed by atoms with E-state index in [1.54, 1.807) is 0 Å². The van der Waals surface area contributed by atoms with Crippen LogP contribution in [0.15, 0.2) is 28.8 Å². The van der Waals surface area contributed by atoms with E-state index < -0.39 is 0 Å². The molecule has 5 heteroatoms. The smallest absolute Gasteiger partial charge is 0.174 e. The fraction of sp³-hybridized carbons (Fsp3) is 0.400. The van der Waals surface area contributed by atoms with Crippen LogP contribution in [0.25, 0.3) is 0 Å². The van der Waals surface area contributed by atoms with Gasteiger partial charge in [-0.3, -0.25) is 0 Å². The standard InChI is InChI=1S/C15H17ClN2O2/c1-10-2-5-15(14(16)6-10)19-9-13-7-12(18-20-13)8-17-11-3-4-11/h2,5-7,11,17H,3-4,8-9H2,1H3. The largest absolute Gasteiger partial charge is 0.484 e. The molecular weight excluding hydrogens is 276 g/mol. The van der Waals surface area contributed by atoms with E-state index in [1.165, 1.54) is 12.8 Å². The minimum Gasteiger partial charge on any atom is -0.484 e. The summed E-state index contributed by atoms with van der Waals surface area (Å²) in [6.45, 7) is 3.07. The molecule has 4 nitrogen and oxygen atoms in total. The van der Waals surface area contributed by atoms with E-state index in [0.29, 0.717) is 29.2 Å². The molecule has 1 aliphatic rings. The predicted molar refractivity (Wildman–Crippen MR) is 76.9 cm³/mol. The fourth-order valence-electron chi connectivity index (χ4n) is 1.92. The second kappa shape index (κ2) is 5.85. The van der Waals surface area contributed by atoms with Crippen molar-refractivity contribution >= 4 is 11.6 Å². The summed E-state index contributed by atoms with van der Waals surface area (Å²) in [5.41, 5.74) is 2.01. The van der Waals surface area contributed by atoms with E-state index in [4.69, 9.17) is 20.9 Å². The van der Waals surface area contributed by atoms with Crippen LogP contribution in [0.3, 0.4) is 0 Å². The molecule has 1 saturated carbocycles. The summed E-state index contributed by atoms with van der Waals surface area (Å²) < 4.78 is 10.9. The Balaban J connectivity index is 1.54. The third-order valence-corrected chi connectivity index (χ3v) is 3.51. The minimum absolute atomic E-state index is 0.333. The van der Waals surface area contributed by atoms with Crippen molar-refractivity contribution in [1.29, 1.82) is 0 Å². The molecule has 0 amide bonds. The molecule has 1 aromatic carbocycles. The Labute approximate surface area is 123 Å². The first-order valence-electron chi connectivity index (χ1n) is 6.77. The summed E-state index contributed by atoms with van der Waals surface area (Å²) in [6.07, 6.45) is 2.53. The monoisotopic (exact) mass is 292 g/mol. The van der Waals surface area contributed by atoms with Crippen molar-refractivity contribution in [3.05, 3.63) is 46.3 Å². The number of nitrogens with zero attached hydrogens (tertiary/aromatic N) is 1. The van der Waals surface area contributed by atoms with Crippen LogP contribution in [-0.4, -0.2) is 11.2 Å². The lowest BCUT2D eigenvalue weighted by molar-refractivity contribution is 0.248. The molecule has 0 atom stereocenters. The fourth-order valence-corrected chi connectivity index (χ4v) is 2.20. The zero-order valence-corrected chi connectivity index (χ0v) is 12.1. The van der Waals surface area contributed by atoms with Crippen LogP contribution < -0.4 is 10.1 Å². The molecule has 0 bridgehead atoms. The van der Waals surface area contributed by atoms with Crippen LogP contribution >= 0.6 is 11.6 Å². The maximum Gasteiger partial charge on any atom is 0.174 e. The van der Waals surface area contributed by atoms with E-state index in [2.05, 4.69) is 10.5 Å². The molecular formula is C15H17ClN2O2. The first-order chi connectivity index (χ1) is 9.70. The molecule has 106 valence electrons. The lowest BCUT2D eigenvalue weighted by atomic mass is 10.2. The number of ether oxygens (including phenoxy) is 1. The quantitative estimate of drug-likeness (QED) is 0.885. The highest BCUT2D eigenvalue weighted by molar-refractivity contribution is 6.32. The predicted octanol–water partition coefficient (Wildman–Crippen LogP) is 3.47. The Hall–Kier alpha value is -1.52. The molecule has 0 unspecified atom stereocenters. The third kappa shape index (κ3) is 3.52. The van der Waals surface area contributed by atoms with Crippen molar-refractivity contribution in [3.63, 3.8) is 0 Å². The Kier molecular flexibility index (Phi) is 3.94. The molecule has 0 saturated heterocycles. The van der Waals surface area contributed by atoms with Gasteiger partial charge in [-0.15, -0.1) is 0 Å². The maximum atomic E-state index is 6.11. The Morgan fingerprint density at radius 2 is 2.25 bits per heavy atom. The van der Waals surface area contributed by atoms with E-state index in [0.717, 1.165) is 17.8 Å². The molecule has 0 spiro atoms. The van der Waals surface area contributed by atoms with Gasteiger partial charge in [0.05, 0.1) is 10.7 Å². The highest BCUT2D eigenvalue weighted by atomic mass is 35.5. The number of rotatable bonds is 6. The van der Waals surface area contributed by atoms with Crippen LogP contribution in [0.2, 0.25) is 5.02 Å². The van der Waals surface area contributed by atoms with Crippen LogP contribution in [0.1, 0.15) is 29.9 Å². The highest BCUT2D eigenvalue weighted by Gasteiger charge is 2.20. The highest BCUT2D eigenvalue weighted by Crippen LogP contribution is 2.26. The van der Waals surface area contributed by atoms with Gasteiger partial charge in [0, 0.05) is 18.7 Å². The SMILES string of the molecule is Cc1ccc(OCc2cc(CNC3CC3)no2)c(Cl)c1.